The number of benzene rings is 1. The first-order valence-electron chi connectivity index (χ1n) is 7.70. The van der Waals surface area contributed by atoms with Crippen molar-refractivity contribution in [3.63, 3.8) is 0 Å². The number of amides is 1. The van der Waals surface area contributed by atoms with Crippen LogP contribution in [0.4, 0.5) is 5.82 Å². The van der Waals surface area contributed by atoms with Gasteiger partial charge in [0.1, 0.15) is 0 Å². The van der Waals surface area contributed by atoms with Crippen LogP contribution in [0, 0.1) is 6.92 Å². The number of carbonyl (C=O) groups excluding carboxylic acids is 1. The molecule has 0 aliphatic rings. The van der Waals surface area contributed by atoms with Crippen LogP contribution in [0.15, 0.2) is 41.1 Å². The Balaban J connectivity index is 1.78. The standard InChI is InChI=1S/C17H16BrN5O3/c1-10-3-5-11(6-4-10)8-23-9-13(18)15(21-23)20-16(24)12-7-19-22(2)14(12)17(25)26/h3-7,9H,8H2,1-2H3,(H,25,26)(H,20,21,24). The van der Waals surface area contributed by atoms with Gasteiger partial charge in [-0.05, 0) is 28.4 Å². The Morgan fingerprint density at radius 3 is 2.62 bits per heavy atom. The van der Waals surface area contributed by atoms with Gasteiger partial charge in [0.2, 0.25) is 0 Å². The van der Waals surface area contributed by atoms with Crippen molar-refractivity contribution in [3.8, 4) is 0 Å². The van der Waals surface area contributed by atoms with Gasteiger partial charge in [-0.25, -0.2) is 4.79 Å². The Labute approximate surface area is 157 Å². The highest BCUT2D eigenvalue weighted by atomic mass is 79.9. The number of anilines is 1. The maximum absolute atomic E-state index is 12.4. The van der Waals surface area contributed by atoms with Gasteiger partial charge in [-0.3, -0.25) is 14.2 Å². The van der Waals surface area contributed by atoms with Crippen molar-refractivity contribution in [3.05, 3.63) is 63.5 Å². The van der Waals surface area contributed by atoms with Crippen molar-refractivity contribution in [2.24, 2.45) is 7.05 Å². The summed E-state index contributed by atoms with van der Waals surface area (Å²) in [5.41, 5.74) is 2.04. The number of halogens is 1. The minimum Gasteiger partial charge on any atom is -0.477 e. The molecule has 0 saturated carbocycles. The third-order valence-corrected chi connectivity index (χ3v) is 4.38. The lowest BCUT2D eigenvalue weighted by Crippen LogP contribution is -2.17. The third-order valence-electron chi connectivity index (χ3n) is 3.80. The summed E-state index contributed by atoms with van der Waals surface area (Å²) >= 11 is 3.36. The van der Waals surface area contributed by atoms with Crippen molar-refractivity contribution >= 4 is 33.6 Å². The van der Waals surface area contributed by atoms with Crippen LogP contribution in [-0.4, -0.2) is 36.5 Å². The molecule has 0 radical (unpaired) electrons. The average molecular weight is 418 g/mol. The van der Waals surface area contributed by atoms with Crippen molar-refractivity contribution in [2.75, 3.05) is 5.32 Å². The topological polar surface area (TPSA) is 102 Å². The van der Waals surface area contributed by atoms with Gasteiger partial charge in [0.25, 0.3) is 5.91 Å². The summed E-state index contributed by atoms with van der Waals surface area (Å²) in [6, 6.07) is 8.06. The minimum atomic E-state index is -1.22. The van der Waals surface area contributed by atoms with E-state index in [4.69, 9.17) is 0 Å². The third kappa shape index (κ3) is 3.67. The monoisotopic (exact) mass is 417 g/mol. The second kappa shape index (κ2) is 7.12. The molecule has 0 spiro atoms. The Hall–Kier alpha value is -2.94. The summed E-state index contributed by atoms with van der Waals surface area (Å²) in [5, 5.41) is 20.0. The van der Waals surface area contributed by atoms with E-state index in [9.17, 15) is 14.7 Å². The first-order chi connectivity index (χ1) is 12.3. The lowest BCUT2D eigenvalue weighted by Gasteiger charge is -2.04. The molecule has 2 N–H and O–H groups in total. The van der Waals surface area contributed by atoms with Crippen LogP contribution in [-0.2, 0) is 13.6 Å². The highest BCUT2D eigenvalue weighted by Gasteiger charge is 2.22. The predicted octanol–water partition coefficient (Wildman–Crippen LogP) is 2.69. The van der Waals surface area contributed by atoms with Gasteiger partial charge in [-0.1, -0.05) is 29.8 Å². The summed E-state index contributed by atoms with van der Waals surface area (Å²) in [6.07, 6.45) is 2.97. The number of hydrogen-bond donors (Lipinski definition) is 2. The molecule has 3 aromatic rings. The Morgan fingerprint density at radius 2 is 1.96 bits per heavy atom. The molecule has 0 saturated heterocycles. The van der Waals surface area contributed by atoms with E-state index >= 15 is 0 Å². The first-order valence-corrected chi connectivity index (χ1v) is 8.49. The second-order valence-corrected chi connectivity index (χ2v) is 6.65. The quantitative estimate of drug-likeness (QED) is 0.664. The molecule has 0 bridgehead atoms. The molecule has 0 atom stereocenters. The van der Waals surface area contributed by atoms with Crippen LogP contribution in [0.25, 0.3) is 0 Å². The number of carbonyl (C=O) groups is 2. The van der Waals surface area contributed by atoms with E-state index in [0.29, 0.717) is 16.8 Å². The van der Waals surface area contributed by atoms with Crippen molar-refractivity contribution < 1.29 is 14.7 Å². The Kier molecular flexibility index (Phi) is 4.90. The van der Waals surface area contributed by atoms with E-state index in [1.165, 1.54) is 18.8 Å². The summed E-state index contributed by atoms with van der Waals surface area (Å²) in [4.78, 5) is 23.7. The van der Waals surface area contributed by atoms with Crippen LogP contribution in [0.2, 0.25) is 0 Å². The first kappa shape index (κ1) is 17.9. The molecule has 8 nitrogen and oxygen atoms in total. The summed E-state index contributed by atoms with van der Waals surface area (Å²) in [7, 11) is 1.46. The molecule has 134 valence electrons. The molecular formula is C17H16BrN5O3. The zero-order valence-corrected chi connectivity index (χ0v) is 15.7. The lowest BCUT2D eigenvalue weighted by molar-refractivity contribution is 0.0680. The van der Waals surface area contributed by atoms with E-state index in [1.54, 1.807) is 10.9 Å². The fourth-order valence-corrected chi connectivity index (χ4v) is 2.89. The molecule has 2 heterocycles. The molecule has 1 amide bonds. The van der Waals surface area contributed by atoms with Gasteiger partial charge in [0.05, 0.1) is 22.8 Å². The zero-order valence-electron chi connectivity index (χ0n) is 14.1. The van der Waals surface area contributed by atoms with E-state index in [0.717, 1.165) is 10.2 Å². The Morgan fingerprint density at radius 1 is 1.27 bits per heavy atom. The fourth-order valence-electron chi connectivity index (χ4n) is 2.48. The number of nitrogens with one attached hydrogen (secondary N) is 1. The zero-order chi connectivity index (χ0) is 18.8. The number of nitrogens with zero attached hydrogens (tertiary/aromatic N) is 4. The molecule has 0 fully saturated rings. The van der Waals surface area contributed by atoms with E-state index in [2.05, 4.69) is 31.4 Å². The maximum atomic E-state index is 12.4. The summed E-state index contributed by atoms with van der Waals surface area (Å²) in [6.45, 7) is 2.56. The SMILES string of the molecule is Cc1ccc(Cn2cc(Br)c(NC(=O)c3cnn(C)c3C(=O)O)n2)cc1. The van der Waals surface area contributed by atoms with Crippen LogP contribution in [0.3, 0.4) is 0 Å². The number of carboxylic acid groups (broad SMARTS) is 1. The summed E-state index contributed by atoms with van der Waals surface area (Å²) in [5.74, 6) is -1.50. The highest BCUT2D eigenvalue weighted by Crippen LogP contribution is 2.22. The van der Waals surface area contributed by atoms with Gasteiger partial charge in [0.15, 0.2) is 11.5 Å². The largest absolute Gasteiger partial charge is 0.477 e. The number of aromatic nitrogens is 4. The smallest absolute Gasteiger partial charge is 0.354 e. The van der Waals surface area contributed by atoms with Crippen LogP contribution in [0.1, 0.15) is 32.0 Å². The van der Waals surface area contributed by atoms with Gasteiger partial charge in [-0.15, -0.1) is 0 Å². The molecule has 9 heteroatoms. The predicted molar refractivity (Wildman–Crippen MR) is 98.3 cm³/mol. The van der Waals surface area contributed by atoms with Crippen LogP contribution >= 0.6 is 15.9 Å². The van der Waals surface area contributed by atoms with Crippen molar-refractivity contribution in [1.29, 1.82) is 0 Å². The highest BCUT2D eigenvalue weighted by molar-refractivity contribution is 9.10. The van der Waals surface area contributed by atoms with Crippen molar-refractivity contribution in [2.45, 2.75) is 13.5 Å². The maximum Gasteiger partial charge on any atom is 0.354 e. The van der Waals surface area contributed by atoms with Crippen LogP contribution in [0.5, 0.6) is 0 Å². The normalized spacial score (nSPS) is 10.7. The van der Waals surface area contributed by atoms with Gasteiger partial charge >= 0.3 is 5.97 Å². The number of rotatable bonds is 5. The molecule has 3 rings (SSSR count). The molecular weight excluding hydrogens is 402 g/mol. The van der Waals surface area contributed by atoms with Crippen molar-refractivity contribution in [1.82, 2.24) is 19.6 Å². The molecule has 2 aromatic heterocycles. The molecule has 0 aliphatic heterocycles. The molecule has 26 heavy (non-hydrogen) atoms. The van der Waals surface area contributed by atoms with E-state index in [-0.39, 0.29) is 11.3 Å². The van der Waals surface area contributed by atoms with E-state index < -0.39 is 11.9 Å². The second-order valence-electron chi connectivity index (χ2n) is 5.80. The molecule has 0 unspecified atom stereocenters. The van der Waals surface area contributed by atoms with Crippen LogP contribution < -0.4 is 5.32 Å². The number of carboxylic acids is 1. The number of hydrogen-bond acceptors (Lipinski definition) is 4. The molecule has 1 aromatic carbocycles. The average Bonchev–Trinajstić information content (AvgIpc) is 3.12. The fraction of sp³-hybridized carbons (Fsp3) is 0.176. The van der Waals surface area contributed by atoms with Gasteiger partial charge < -0.3 is 10.4 Å². The minimum absolute atomic E-state index is 0.0278. The number of aryl methyl sites for hydroxylation is 2. The summed E-state index contributed by atoms with van der Waals surface area (Å²) < 4.78 is 3.42. The lowest BCUT2D eigenvalue weighted by atomic mass is 10.1. The van der Waals surface area contributed by atoms with Gasteiger partial charge in [-0.2, -0.15) is 10.2 Å². The van der Waals surface area contributed by atoms with Gasteiger partial charge in [0, 0.05) is 13.2 Å². The van der Waals surface area contributed by atoms with E-state index in [1.807, 2.05) is 31.2 Å². The Bertz CT molecular complexity index is 975. The molecule has 0 aliphatic carbocycles. The number of aromatic carboxylic acids is 1.